The average Bonchev–Trinajstić information content (AvgIpc) is 3.55. The van der Waals surface area contributed by atoms with E-state index in [-0.39, 0.29) is 30.2 Å². The van der Waals surface area contributed by atoms with Gasteiger partial charge in [0.15, 0.2) is 0 Å². The van der Waals surface area contributed by atoms with Gasteiger partial charge in [0, 0.05) is 0 Å². The van der Waals surface area contributed by atoms with E-state index in [1.807, 2.05) is 0 Å². The van der Waals surface area contributed by atoms with Crippen LogP contribution in [0.5, 0.6) is 0 Å². The summed E-state index contributed by atoms with van der Waals surface area (Å²) in [6, 6.07) is 29.0. The van der Waals surface area contributed by atoms with Crippen molar-refractivity contribution in [2.75, 3.05) is 0 Å². The standard InChI is InChI=1S/C15H13.C11H17.2C6H4Cl.CH2.2ClH.Zr/c1-10-3-5-14-12(7-10)9-13-8-11(2)4-6-15(13)14;1-5-9-6-7-10(8-9)11(2,3)4;2*7-6-4-2-1-3-5-6;;;;/h3-7H,9H2,1-2H3;7-9H,5H2,1-4H3;2*2-5H;1H2;2*1H;. The summed E-state index contributed by atoms with van der Waals surface area (Å²) >= 11 is 8.18. The molecular weight excluding hydrogens is 701 g/mol. The van der Waals surface area contributed by atoms with Crippen LogP contribution in [-0.4, -0.2) is 4.21 Å². The van der Waals surface area contributed by atoms with Crippen molar-refractivity contribution in [1.29, 1.82) is 0 Å². The molecule has 230 valence electrons. The molecule has 0 fully saturated rings. The first-order valence-corrected chi connectivity index (χ1v) is 22.5. The zero-order valence-electron chi connectivity index (χ0n) is 26.4. The average molecular weight is 744 g/mol. The van der Waals surface area contributed by atoms with E-state index < -0.39 is 18.3 Å². The van der Waals surface area contributed by atoms with Crippen molar-refractivity contribution in [1.82, 2.24) is 0 Å². The van der Waals surface area contributed by atoms with Gasteiger partial charge >= 0.3 is 265 Å². The molecule has 0 bridgehead atoms. The zero-order chi connectivity index (χ0) is 30.1. The fourth-order valence-corrected chi connectivity index (χ4v) is 25.5. The molecule has 0 aliphatic heterocycles. The molecule has 0 spiro atoms. The molecule has 0 N–H and O–H groups in total. The Kier molecular flexibility index (Phi) is 9.96. The first-order chi connectivity index (χ1) is 19.9. The molecule has 0 heterocycles. The SMILES string of the molecule is Cl.Cl.[CH2]=[Zr]([C]1=CC(C(C)(C)C)=CC1CC)([c]1ccc(Cl)cc1)([c]1ccc(Cl)cc1)[c]1c(C)ccc2c1Cc1cc(C)ccc1-2. The molecule has 0 saturated carbocycles. The quantitative estimate of drug-likeness (QED) is 0.168. The number of benzene rings is 4. The van der Waals surface area contributed by atoms with Crippen molar-refractivity contribution in [3.05, 3.63) is 132 Å². The van der Waals surface area contributed by atoms with Crippen LogP contribution in [0.25, 0.3) is 11.1 Å². The van der Waals surface area contributed by atoms with Crippen LogP contribution >= 0.6 is 48.0 Å². The zero-order valence-corrected chi connectivity index (χ0v) is 32.0. The van der Waals surface area contributed by atoms with E-state index in [1.54, 1.807) is 0 Å². The van der Waals surface area contributed by atoms with Gasteiger partial charge in [0.1, 0.15) is 0 Å². The summed E-state index contributed by atoms with van der Waals surface area (Å²) < 4.78 is 11.3. The van der Waals surface area contributed by atoms with Gasteiger partial charge in [0.25, 0.3) is 0 Å². The van der Waals surface area contributed by atoms with Crippen LogP contribution < -0.4 is 9.81 Å². The van der Waals surface area contributed by atoms with Gasteiger partial charge in [-0.15, -0.1) is 24.8 Å². The number of rotatable bonds is 5. The third-order valence-electron chi connectivity index (χ3n) is 9.99. The molecule has 2 aliphatic carbocycles. The number of hydrogen-bond donors (Lipinski definition) is 0. The predicted molar refractivity (Wildman–Crippen MR) is 197 cm³/mol. The predicted octanol–water partition coefficient (Wildman–Crippen LogP) is 10.3. The molecule has 4 aromatic rings. The summed E-state index contributed by atoms with van der Waals surface area (Å²) in [5.41, 5.74) is 9.63. The molecule has 0 aromatic heterocycles. The van der Waals surface area contributed by atoms with E-state index in [0.717, 1.165) is 22.9 Å². The maximum atomic E-state index is 6.58. The minimum absolute atomic E-state index is 0. The summed E-state index contributed by atoms with van der Waals surface area (Å²) in [6.45, 7) is 13.8. The second kappa shape index (κ2) is 12.5. The van der Waals surface area contributed by atoms with Crippen LogP contribution in [0.1, 0.15) is 56.4 Å². The molecule has 2 aliphatic rings. The third-order valence-corrected chi connectivity index (χ3v) is 27.2. The number of fused-ring (bicyclic) bond motifs is 3. The Labute approximate surface area is 287 Å². The monoisotopic (exact) mass is 740 g/mol. The Bertz CT molecular complexity index is 1800. The summed E-state index contributed by atoms with van der Waals surface area (Å²) in [6.07, 6.45) is 7.05. The van der Waals surface area contributed by atoms with Gasteiger partial charge in [-0.3, -0.25) is 0 Å². The van der Waals surface area contributed by atoms with Gasteiger partial charge in [-0.05, 0) is 0 Å². The molecule has 0 amide bonds. The number of allylic oxidation sites excluding steroid dienone is 4. The van der Waals surface area contributed by atoms with Gasteiger partial charge in [-0.2, -0.15) is 0 Å². The maximum absolute atomic E-state index is 6.58. The van der Waals surface area contributed by atoms with E-state index in [0.29, 0.717) is 5.92 Å². The molecule has 1 unspecified atom stereocenters. The van der Waals surface area contributed by atoms with Crippen LogP contribution in [-0.2, 0) is 24.7 Å². The summed E-state index contributed by atoms with van der Waals surface area (Å²) in [7, 11) is 0. The van der Waals surface area contributed by atoms with Crippen molar-refractivity contribution in [2.45, 2.75) is 54.4 Å². The molecule has 4 aromatic carbocycles. The van der Waals surface area contributed by atoms with Gasteiger partial charge in [0.2, 0.25) is 0 Å². The molecule has 0 radical (unpaired) electrons. The van der Waals surface area contributed by atoms with Gasteiger partial charge in [-0.25, -0.2) is 0 Å². The summed E-state index contributed by atoms with van der Waals surface area (Å²) in [5.74, 6) is 0.301. The van der Waals surface area contributed by atoms with Crippen molar-refractivity contribution in [3.63, 3.8) is 0 Å². The van der Waals surface area contributed by atoms with Crippen LogP contribution in [0.15, 0.2) is 99.9 Å². The topological polar surface area (TPSA) is 0 Å². The van der Waals surface area contributed by atoms with E-state index in [9.17, 15) is 0 Å². The fourth-order valence-electron chi connectivity index (χ4n) is 7.86. The van der Waals surface area contributed by atoms with Crippen LogP contribution in [0.3, 0.4) is 0 Å². The van der Waals surface area contributed by atoms with Crippen molar-refractivity contribution < 1.29 is 18.3 Å². The normalized spacial score (nSPS) is 15.9. The molecule has 0 nitrogen and oxygen atoms in total. The van der Waals surface area contributed by atoms with Gasteiger partial charge in [0.05, 0.1) is 0 Å². The van der Waals surface area contributed by atoms with E-state index in [1.165, 1.54) is 52.0 Å². The van der Waals surface area contributed by atoms with Crippen LogP contribution in [0.2, 0.25) is 10.0 Å². The molecule has 5 heteroatoms. The molecule has 0 saturated heterocycles. The van der Waals surface area contributed by atoms with Crippen molar-refractivity contribution >= 4 is 62.0 Å². The Morgan fingerprint density at radius 1 is 0.795 bits per heavy atom. The van der Waals surface area contributed by atoms with Crippen molar-refractivity contribution in [2.24, 2.45) is 11.3 Å². The Balaban J connectivity index is 0.00000221. The second-order valence-electron chi connectivity index (χ2n) is 13.6. The van der Waals surface area contributed by atoms with Gasteiger partial charge in [-0.1, -0.05) is 0 Å². The summed E-state index contributed by atoms with van der Waals surface area (Å²) in [4.78, 5) is 0. The first kappa shape index (κ1) is 35.1. The Hall–Kier alpha value is -1.73. The number of halogens is 4. The number of hydrogen-bond acceptors (Lipinski definition) is 0. The Morgan fingerprint density at radius 2 is 1.34 bits per heavy atom. The first-order valence-electron chi connectivity index (χ1n) is 15.1. The molecule has 44 heavy (non-hydrogen) atoms. The van der Waals surface area contributed by atoms with Crippen molar-refractivity contribution in [3.8, 4) is 11.1 Å². The third kappa shape index (κ3) is 5.30. The van der Waals surface area contributed by atoms with Gasteiger partial charge < -0.3 is 0 Å². The minimum atomic E-state index is -4.98. The van der Waals surface area contributed by atoms with E-state index >= 15 is 0 Å². The van der Waals surface area contributed by atoms with Crippen LogP contribution in [0, 0.1) is 25.2 Å². The number of aryl methyl sites for hydroxylation is 2. The fraction of sp³-hybridized carbons (Fsp3) is 0.256. The van der Waals surface area contributed by atoms with Crippen LogP contribution in [0.4, 0.5) is 0 Å². The van der Waals surface area contributed by atoms with E-state index in [2.05, 4.69) is 133 Å². The molecular formula is C39H42Cl4Zr. The van der Waals surface area contributed by atoms with E-state index in [4.69, 9.17) is 27.4 Å². The molecule has 6 rings (SSSR count). The Morgan fingerprint density at radius 3 is 1.86 bits per heavy atom. The second-order valence-corrected chi connectivity index (χ2v) is 27.1. The molecule has 1 atom stereocenters. The summed E-state index contributed by atoms with van der Waals surface area (Å²) in [5, 5.41) is 1.50.